The highest BCUT2D eigenvalue weighted by molar-refractivity contribution is 7.98. The second kappa shape index (κ2) is 19.3. The number of rotatable bonds is 21. The Labute approximate surface area is 244 Å². The maximum absolute atomic E-state index is 13.5. The summed E-state index contributed by atoms with van der Waals surface area (Å²) >= 11 is 1.46. The molecule has 0 aromatic carbocycles. The third-order valence-electron chi connectivity index (χ3n) is 6.25. The molecule has 1 aromatic heterocycles. The van der Waals surface area contributed by atoms with E-state index in [1.165, 1.54) is 24.3 Å². The van der Waals surface area contributed by atoms with Crippen LogP contribution in [-0.4, -0.2) is 87.7 Å². The van der Waals surface area contributed by atoms with Gasteiger partial charge in [0.05, 0.1) is 18.3 Å². The Morgan fingerprint density at radius 3 is 2.12 bits per heavy atom. The van der Waals surface area contributed by atoms with E-state index in [9.17, 15) is 24.3 Å². The van der Waals surface area contributed by atoms with Crippen LogP contribution in [0.25, 0.3) is 0 Å². The highest BCUT2D eigenvalue weighted by atomic mass is 32.2. The van der Waals surface area contributed by atoms with Crippen molar-refractivity contribution in [2.75, 3.05) is 25.1 Å². The number of carbonyl (C=O) groups excluding carboxylic acids is 3. The number of carboxylic acids is 1. The third kappa shape index (κ3) is 14.9. The number of thioether (sulfide) groups is 1. The summed E-state index contributed by atoms with van der Waals surface area (Å²) in [6.07, 6.45) is 6.67. The SMILES string of the molecule is CSCCC(NC(=O)C(CC(=O)C(CCCN=C(N)N)NC(=O)C(C)CCCN=C(N)N)Cc1cnc[nH]1)C(=O)O. The van der Waals surface area contributed by atoms with E-state index in [-0.39, 0.29) is 55.8 Å². The van der Waals surface area contributed by atoms with Gasteiger partial charge in [-0.2, -0.15) is 11.8 Å². The fraction of sp³-hybridized carbons (Fsp3) is 0.640. The Hall–Kier alpha value is -3.82. The summed E-state index contributed by atoms with van der Waals surface area (Å²) < 4.78 is 0. The lowest BCUT2D eigenvalue weighted by Crippen LogP contribution is -2.47. The number of guanidine groups is 2. The average molecular weight is 597 g/mol. The molecule has 0 saturated carbocycles. The number of aliphatic imine (C=N–C) groups is 2. The van der Waals surface area contributed by atoms with E-state index in [0.717, 1.165) is 0 Å². The van der Waals surface area contributed by atoms with Crippen molar-refractivity contribution in [3.8, 4) is 0 Å². The van der Waals surface area contributed by atoms with Crippen molar-refractivity contribution in [3.05, 3.63) is 18.2 Å². The Bertz CT molecular complexity index is 1030. The monoisotopic (exact) mass is 596 g/mol. The molecule has 0 aliphatic rings. The van der Waals surface area contributed by atoms with E-state index in [1.54, 1.807) is 6.92 Å². The first-order chi connectivity index (χ1) is 19.4. The first-order valence-corrected chi connectivity index (χ1v) is 14.8. The van der Waals surface area contributed by atoms with Gasteiger partial charge in [0.2, 0.25) is 11.8 Å². The topological polar surface area (TPSA) is 270 Å². The van der Waals surface area contributed by atoms with E-state index in [4.69, 9.17) is 22.9 Å². The first-order valence-electron chi connectivity index (χ1n) is 13.4. The van der Waals surface area contributed by atoms with Crippen molar-refractivity contribution in [3.63, 3.8) is 0 Å². The van der Waals surface area contributed by atoms with Gasteiger partial charge in [-0.3, -0.25) is 24.4 Å². The molecule has 0 saturated heterocycles. The number of ketones is 1. The maximum atomic E-state index is 13.5. The van der Waals surface area contributed by atoms with Crippen LogP contribution in [0.1, 0.15) is 51.1 Å². The summed E-state index contributed by atoms with van der Waals surface area (Å²) in [5, 5.41) is 14.9. The lowest BCUT2D eigenvalue weighted by atomic mass is 9.91. The van der Waals surface area contributed by atoms with Crippen LogP contribution in [0, 0.1) is 11.8 Å². The number of imidazole rings is 1. The fourth-order valence-corrected chi connectivity index (χ4v) is 4.43. The van der Waals surface area contributed by atoms with E-state index in [2.05, 4.69) is 30.6 Å². The fourth-order valence-electron chi connectivity index (χ4n) is 3.96. The molecule has 0 aliphatic carbocycles. The molecular weight excluding hydrogens is 552 g/mol. The number of nitrogens with zero attached hydrogens (tertiary/aromatic N) is 3. The van der Waals surface area contributed by atoms with Crippen molar-refractivity contribution >= 4 is 47.2 Å². The quantitative estimate of drug-likeness (QED) is 0.0488. The van der Waals surface area contributed by atoms with Crippen LogP contribution in [0.5, 0.6) is 0 Å². The number of hydrogen-bond donors (Lipinski definition) is 8. The maximum Gasteiger partial charge on any atom is 0.326 e. The lowest BCUT2D eigenvalue weighted by Gasteiger charge is -2.23. The van der Waals surface area contributed by atoms with Crippen molar-refractivity contribution in [1.82, 2.24) is 20.6 Å². The molecule has 12 N–H and O–H groups in total. The van der Waals surface area contributed by atoms with E-state index < -0.39 is 35.8 Å². The molecule has 4 unspecified atom stereocenters. The van der Waals surface area contributed by atoms with Crippen LogP contribution in [0.4, 0.5) is 0 Å². The smallest absolute Gasteiger partial charge is 0.326 e. The van der Waals surface area contributed by atoms with Crippen LogP contribution in [0.3, 0.4) is 0 Å². The van der Waals surface area contributed by atoms with Crippen molar-refractivity contribution in [1.29, 1.82) is 0 Å². The molecule has 0 radical (unpaired) electrons. The molecule has 0 spiro atoms. The molecule has 0 aliphatic heterocycles. The second-order valence-corrected chi connectivity index (χ2v) is 10.7. The molecular formula is C25H44N10O5S. The molecule has 230 valence electrons. The van der Waals surface area contributed by atoms with Gasteiger partial charge in [-0.15, -0.1) is 0 Å². The number of hydrogen-bond acceptors (Lipinski definition) is 8. The molecule has 15 nitrogen and oxygen atoms in total. The van der Waals surface area contributed by atoms with E-state index in [1.807, 2.05) is 6.26 Å². The number of carboxylic acid groups (broad SMARTS) is 1. The van der Waals surface area contributed by atoms with Crippen LogP contribution in [0.15, 0.2) is 22.5 Å². The van der Waals surface area contributed by atoms with Gasteiger partial charge in [-0.05, 0) is 44.1 Å². The minimum atomic E-state index is -1.15. The number of aromatic nitrogens is 2. The number of aliphatic carboxylic acids is 1. The molecule has 16 heteroatoms. The van der Waals surface area contributed by atoms with Gasteiger partial charge < -0.3 is 43.7 Å². The first kappa shape index (κ1) is 35.2. The summed E-state index contributed by atoms with van der Waals surface area (Å²) in [5.74, 6) is -3.31. The molecule has 0 fully saturated rings. The summed E-state index contributed by atoms with van der Waals surface area (Å²) in [6.45, 7) is 2.37. The molecule has 4 atom stereocenters. The molecule has 0 bridgehead atoms. The van der Waals surface area contributed by atoms with Gasteiger partial charge in [-0.1, -0.05) is 6.92 Å². The molecule has 1 aromatic rings. The van der Waals surface area contributed by atoms with Crippen LogP contribution in [-0.2, 0) is 25.6 Å². The highest BCUT2D eigenvalue weighted by Gasteiger charge is 2.31. The Morgan fingerprint density at radius 2 is 1.59 bits per heavy atom. The zero-order chi connectivity index (χ0) is 30.8. The third-order valence-corrected chi connectivity index (χ3v) is 6.90. The predicted octanol–water partition coefficient (Wildman–Crippen LogP) is -0.922. The van der Waals surface area contributed by atoms with Gasteiger partial charge in [-0.25, -0.2) is 9.78 Å². The standard InChI is InChI=1S/C25H44N10O5S/c1-15(5-3-8-31-24(26)27)21(37)34-18(6-4-9-32-25(28)29)20(36)12-16(11-17-13-30-14-33-17)22(38)35-19(23(39)40)7-10-41-2/h13-16,18-19H,3-12H2,1-2H3,(H,30,33)(H,34,37)(H,35,38)(H,39,40)(H4,26,27,31)(H4,28,29,32). The molecule has 1 heterocycles. The highest BCUT2D eigenvalue weighted by Crippen LogP contribution is 2.17. The number of aromatic amines is 1. The molecule has 2 amide bonds. The van der Waals surface area contributed by atoms with Crippen molar-refractivity contribution in [2.45, 2.75) is 64.0 Å². The van der Waals surface area contributed by atoms with Crippen LogP contribution in [0.2, 0.25) is 0 Å². The summed E-state index contributed by atoms with van der Waals surface area (Å²) in [7, 11) is 0. The van der Waals surface area contributed by atoms with E-state index in [0.29, 0.717) is 37.3 Å². The summed E-state index contributed by atoms with van der Waals surface area (Å²) in [4.78, 5) is 66.1. The van der Waals surface area contributed by atoms with Gasteiger partial charge in [0.15, 0.2) is 17.7 Å². The van der Waals surface area contributed by atoms with Crippen molar-refractivity contribution < 1.29 is 24.3 Å². The second-order valence-electron chi connectivity index (χ2n) is 9.69. The number of nitrogens with two attached hydrogens (primary N) is 4. The number of nitrogens with one attached hydrogen (secondary N) is 3. The minimum Gasteiger partial charge on any atom is -0.480 e. The van der Waals surface area contributed by atoms with Gasteiger partial charge in [0.25, 0.3) is 0 Å². The molecule has 41 heavy (non-hydrogen) atoms. The number of Topliss-reactive ketones (excluding diaryl/α,β-unsaturated/α-hetero) is 1. The summed E-state index contributed by atoms with van der Waals surface area (Å²) in [6, 6.07) is -2.00. The lowest BCUT2D eigenvalue weighted by molar-refractivity contribution is -0.142. The summed E-state index contributed by atoms with van der Waals surface area (Å²) in [5.41, 5.74) is 22.1. The number of amides is 2. The Morgan fingerprint density at radius 1 is 0.976 bits per heavy atom. The van der Waals surface area contributed by atoms with Crippen LogP contribution >= 0.6 is 11.8 Å². The number of H-pyrrole nitrogens is 1. The Kier molecular flexibility index (Phi) is 16.6. The largest absolute Gasteiger partial charge is 0.480 e. The zero-order valence-electron chi connectivity index (χ0n) is 23.7. The van der Waals surface area contributed by atoms with E-state index >= 15 is 0 Å². The van der Waals surface area contributed by atoms with Gasteiger partial charge >= 0.3 is 5.97 Å². The average Bonchev–Trinajstić information content (AvgIpc) is 3.42. The number of carbonyl (C=O) groups is 4. The zero-order valence-corrected chi connectivity index (χ0v) is 24.5. The van der Waals surface area contributed by atoms with Crippen molar-refractivity contribution in [2.24, 2.45) is 44.8 Å². The van der Waals surface area contributed by atoms with Gasteiger partial charge in [0.1, 0.15) is 6.04 Å². The molecule has 1 rings (SSSR count). The normalized spacial score (nSPS) is 13.7. The minimum absolute atomic E-state index is 0.0267. The van der Waals surface area contributed by atoms with Crippen LogP contribution < -0.4 is 33.6 Å². The van der Waals surface area contributed by atoms with Gasteiger partial charge in [0, 0.05) is 43.7 Å². The Balaban J connectivity index is 3.05. The predicted molar refractivity (Wildman–Crippen MR) is 159 cm³/mol.